The average molecular weight is 691 g/mol. The topological polar surface area (TPSA) is 120 Å². The Hall–Kier alpha value is -3.75. The van der Waals surface area contributed by atoms with Gasteiger partial charge in [0.25, 0.3) is 5.56 Å². The summed E-state index contributed by atoms with van der Waals surface area (Å²) in [5.74, 6) is -1.18. The Kier molecular flexibility index (Phi) is 9.11. The molecular weight excluding hydrogens is 663 g/mol. The average Bonchev–Trinajstić information content (AvgIpc) is 3.02. The number of fused-ring (bicyclic) bond motifs is 1. The number of halogens is 5. The van der Waals surface area contributed by atoms with E-state index in [2.05, 4.69) is 18.0 Å². The van der Waals surface area contributed by atoms with E-state index >= 15 is 0 Å². The van der Waals surface area contributed by atoms with Gasteiger partial charge in [-0.1, -0.05) is 66.8 Å². The summed E-state index contributed by atoms with van der Waals surface area (Å²) in [6.07, 6.45) is 4.88. The highest BCUT2D eigenvalue weighted by molar-refractivity contribution is 6.48. The second-order valence-electron chi connectivity index (χ2n) is 11.0. The van der Waals surface area contributed by atoms with Gasteiger partial charge in [-0.05, 0) is 42.8 Å². The standard InChI is InChI=1S/C31H28Cl4FN7O2/c1-5-19(44)41-8-10-42(11-9-41)29-16-12-18(32)27(20-21(33)23(35)24(36)25(38)22(20)34)40-30(16)43(31(45)17(29)13-37)28-15(4)6-7-39-26(28)14(2)3/h5-7,12,14,26,39H,1,8-11,38H2,2-4H3/t26-/m1/s1. The van der Waals surface area contributed by atoms with Gasteiger partial charge in [-0.2, -0.15) is 5.26 Å². The fourth-order valence-electron chi connectivity index (χ4n) is 5.75. The van der Waals surface area contributed by atoms with Crippen molar-refractivity contribution in [3.63, 3.8) is 0 Å². The van der Waals surface area contributed by atoms with Crippen molar-refractivity contribution in [2.75, 3.05) is 36.8 Å². The smallest absolute Gasteiger partial charge is 0.276 e. The lowest BCUT2D eigenvalue weighted by Gasteiger charge is -2.37. The number of carbonyl (C=O) groups is 1. The lowest BCUT2D eigenvalue weighted by Crippen LogP contribution is -2.49. The summed E-state index contributed by atoms with van der Waals surface area (Å²) >= 11 is 26.0. The van der Waals surface area contributed by atoms with Gasteiger partial charge in [-0.15, -0.1) is 0 Å². The molecule has 2 aliphatic heterocycles. The maximum atomic E-state index is 14.7. The zero-order valence-corrected chi connectivity index (χ0v) is 27.5. The normalized spacial score (nSPS) is 16.8. The van der Waals surface area contributed by atoms with E-state index in [4.69, 9.17) is 57.1 Å². The lowest BCUT2D eigenvalue weighted by atomic mass is 9.94. The van der Waals surface area contributed by atoms with Crippen LogP contribution in [-0.2, 0) is 4.79 Å². The number of pyridine rings is 2. The third-order valence-electron chi connectivity index (χ3n) is 8.02. The van der Waals surface area contributed by atoms with E-state index < -0.39 is 22.1 Å². The molecule has 0 spiro atoms. The first kappa shape index (κ1) is 32.6. The van der Waals surface area contributed by atoms with Crippen LogP contribution in [-0.4, -0.2) is 52.6 Å². The van der Waals surface area contributed by atoms with Crippen molar-refractivity contribution in [2.45, 2.75) is 26.8 Å². The molecule has 0 radical (unpaired) electrons. The van der Waals surface area contributed by atoms with Gasteiger partial charge >= 0.3 is 0 Å². The van der Waals surface area contributed by atoms with E-state index in [0.29, 0.717) is 42.9 Å². The van der Waals surface area contributed by atoms with Gasteiger partial charge < -0.3 is 20.9 Å². The number of nitrogens with zero attached hydrogens (tertiary/aromatic N) is 5. The number of nitrogen functional groups attached to an aromatic ring is 1. The van der Waals surface area contributed by atoms with E-state index in [1.54, 1.807) is 17.2 Å². The van der Waals surface area contributed by atoms with Crippen molar-refractivity contribution in [1.29, 1.82) is 5.26 Å². The number of rotatable bonds is 5. The second-order valence-corrected chi connectivity index (χ2v) is 12.6. The summed E-state index contributed by atoms with van der Waals surface area (Å²) in [6, 6.07) is 3.36. The molecule has 14 heteroatoms. The van der Waals surface area contributed by atoms with Crippen LogP contribution in [0.5, 0.6) is 0 Å². The molecular formula is C31H28Cl4FN7O2. The number of anilines is 2. The van der Waals surface area contributed by atoms with Crippen LogP contribution >= 0.6 is 46.4 Å². The molecule has 1 aromatic carbocycles. The molecule has 3 aromatic rings. The van der Waals surface area contributed by atoms with Crippen LogP contribution in [0.4, 0.5) is 15.8 Å². The minimum absolute atomic E-state index is 0.0108. The number of aromatic nitrogens is 2. The van der Waals surface area contributed by atoms with Gasteiger partial charge in [0.15, 0.2) is 5.82 Å². The predicted molar refractivity (Wildman–Crippen MR) is 179 cm³/mol. The third-order valence-corrected chi connectivity index (χ3v) is 9.53. The number of benzene rings is 1. The SMILES string of the molecule is C=CC(=O)N1CCN(c2c(C#N)c(=O)n(C3=C(C)C=CN[C@@H]3C(C)C)c3nc(-c4c(Cl)c(N)c(F)c(Cl)c4Cl)c(Cl)cc23)CC1. The zero-order valence-electron chi connectivity index (χ0n) is 24.5. The van der Waals surface area contributed by atoms with E-state index in [1.807, 2.05) is 31.7 Å². The predicted octanol–water partition coefficient (Wildman–Crippen LogP) is 6.48. The molecule has 0 saturated carbocycles. The van der Waals surface area contributed by atoms with Crippen LogP contribution in [0, 0.1) is 23.1 Å². The number of piperazine rings is 1. The van der Waals surface area contributed by atoms with Crippen LogP contribution in [0.3, 0.4) is 0 Å². The van der Waals surface area contributed by atoms with Gasteiger partial charge in [0.1, 0.15) is 17.3 Å². The number of dihydropyridines is 1. The third kappa shape index (κ3) is 5.42. The molecule has 1 amide bonds. The molecule has 4 heterocycles. The largest absolute Gasteiger partial charge is 0.395 e. The fourth-order valence-corrected chi connectivity index (χ4v) is 6.77. The molecule has 45 heavy (non-hydrogen) atoms. The minimum atomic E-state index is -0.986. The van der Waals surface area contributed by atoms with Crippen LogP contribution in [0.15, 0.2) is 41.4 Å². The van der Waals surface area contributed by atoms with Gasteiger partial charge in [0.2, 0.25) is 5.91 Å². The van der Waals surface area contributed by atoms with Gasteiger partial charge in [-0.3, -0.25) is 14.2 Å². The summed E-state index contributed by atoms with van der Waals surface area (Å²) in [4.78, 5) is 35.1. The first-order valence-electron chi connectivity index (χ1n) is 13.9. The van der Waals surface area contributed by atoms with E-state index in [0.717, 1.165) is 5.57 Å². The van der Waals surface area contributed by atoms with Gasteiger partial charge in [0, 0.05) is 37.1 Å². The molecule has 1 saturated heterocycles. The monoisotopic (exact) mass is 689 g/mol. The number of nitrogens with two attached hydrogens (primary N) is 1. The molecule has 3 N–H and O–H groups in total. The number of nitrogens with one attached hydrogen (secondary N) is 1. The summed E-state index contributed by atoms with van der Waals surface area (Å²) in [5, 5.41) is 13.2. The highest BCUT2D eigenvalue weighted by atomic mass is 35.5. The zero-order chi connectivity index (χ0) is 32.9. The maximum absolute atomic E-state index is 14.7. The molecule has 0 aliphatic carbocycles. The molecule has 9 nitrogen and oxygen atoms in total. The van der Waals surface area contributed by atoms with E-state index in [-0.39, 0.29) is 55.4 Å². The maximum Gasteiger partial charge on any atom is 0.276 e. The van der Waals surface area contributed by atoms with Crippen molar-refractivity contribution in [2.24, 2.45) is 5.92 Å². The minimum Gasteiger partial charge on any atom is -0.395 e. The first-order chi connectivity index (χ1) is 21.3. The Bertz CT molecular complexity index is 1910. The lowest BCUT2D eigenvalue weighted by molar-refractivity contribution is -0.126. The second kappa shape index (κ2) is 12.6. The number of allylic oxidation sites excluding steroid dienone is 2. The van der Waals surface area contributed by atoms with Crippen molar-refractivity contribution in [1.82, 2.24) is 19.8 Å². The van der Waals surface area contributed by atoms with E-state index in [1.165, 1.54) is 10.6 Å². The molecule has 0 unspecified atom stereocenters. The molecule has 1 fully saturated rings. The quantitative estimate of drug-likeness (QED) is 0.136. The molecule has 234 valence electrons. The Labute approximate surface area is 278 Å². The van der Waals surface area contributed by atoms with Crippen molar-refractivity contribution in [3.05, 3.63) is 78.4 Å². The summed E-state index contributed by atoms with van der Waals surface area (Å²) < 4.78 is 16.1. The Morgan fingerprint density at radius 2 is 1.87 bits per heavy atom. The summed E-state index contributed by atoms with van der Waals surface area (Å²) in [5.41, 5.74) is 6.60. The Morgan fingerprint density at radius 3 is 2.47 bits per heavy atom. The van der Waals surface area contributed by atoms with Crippen LogP contribution in [0.1, 0.15) is 26.3 Å². The summed E-state index contributed by atoms with van der Waals surface area (Å²) in [6.45, 7) is 10.8. The van der Waals surface area contributed by atoms with Crippen molar-refractivity contribution < 1.29 is 9.18 Å². The first-order valence-corrected chi connectivity index (χ1v) is 15.5. The Morgan fingerprint density at radius 1 is 1.20 bits per heavy atom. The fraction of sp³-hybridized carbons (Fsp3) is 0.290. The number of nitriles is 1. The molecule has 2 aromatic heterocycles. The number of hydrogen-bond donors (Lipinski definition) is 2. The Balaban J connectivity index is 1.90. The van der Waals surface area contributed by atoms with Crippen molar-refractivity contribution in [3.8, 4) is 17.3 Å². The van der Waals surface area contributed by atoms with Crippen LogP contribution < -0.4 is 21.5 Å². The number of amides is 1. The number of carbonyl (C=O) groups excluding carboxylic acids is 1. The highest BCUT2D eigenvalue weighted by Crippen LogP contribution is 2.47. The van der Waals surface area contributed by atoms with Crippen LogP contribution in [0.25, 0.3) is 28.0 Å². The molecule has 2 aliphatic rings. The van der Waals surface area contributed by atoms with Crippen molar-refractivity contribution >= 4 is 80.4 Å². The highest BCUT2D eigenvalue weighted by Gasteiger charge is 2.33. The summed E-state index contributed by atoms with van der Waals surface area (Å²) in [7, 11) is 0. The van der Waals surface area contributed by atoms with E-state index in [9.17, 15) is 19.2 Å². The number of hydrogen-bond acceptors (Lipinski definition) is 7. The van der Waals surface area contributed by atoms with Gasteiger partial charge in [-0.25, -0.2) is 9.37 Å². The molecule has 5 rings (SSSR count). The molecule has 0 bridgehead atoms. The van der Waals surface area contributed by atoms with Crippen LogP contribution in [0.2, 0.25) is 20.1 Å². The van der Waals surface area contributed by atoms with Gasteiger partial charge in [0.05, 0.1) is 48.9 Å². The molecule has 1 atom stereocenters.